The van der Waals surface area contributed by atoms with Gasteiger partial charge in [0.1, 0.15) is 5.82 Å². The Morgan fingerprint density at radius 3 is 2.62 bits per heavy atom. The molecule has 0 fully saturated rings. The van der Waals surface area contributed by atoms with Gasteiger partial charge >= 0.3 is 0 Å². The molecule has 0 amide bonds. The highest BCUT2D eigenvalue weighted by Crippen LogP contribution is 2.37. The fraction of sp³-hybridized carbons (Fsp3) is 0.304. The maximum atomic E-state index is 15.2. The minimum Gasteiger partial charge on any atom is -0.206 e. The second-order valence-corrected chi connectivity index (χ2v) is 7.21. The van der Waals surface area contributed by atoms with E-state index in [-0.39, 0.29) is 11.7 Å². The van der Waals surface area contributed by atoms with Gasteiger partial charge in [0, 0.05) is 5.39 Å². The van der Waals surface area contributed by atoms with E-state index in [4.69, 9.17) is 0 Å². The van der Waals surface area contributed by atoms with Gasteiger partial charge in [-0.15, -0.1) is 0 Å². The van der Waals surface area contributed by atoms with E-state index >= 15 is 4.39 Å². The summed E-state index contributed by atoms with van der Waals surface area (Å²) in [7, 11) is 0. The van der Waals surface area contributed by atoms with Crippen LogP contribution in [0, 0.1) is 17.5 Å². The Morgan fingerprint density at radius 1 is 0.962 bits per heavy atom. The first kappa shape index (κ1) is 17.1. The lowest BCUT2D eigenvalue weighted by molar-refractivity contribution is 0.471. The number of halogens is 3. The van der Waals surface area contributed by atoms with Crippen molar-refractivity contribution in [1.82, 2.24) is 0 Å². The molecule has 0 spiro atoms. The van der Waals surface area contributed by atoms with E-state index in [0.29, 0.717) is 29.4 Å². The lowest BCUT2D eigenvalue weighted by atomic mass is 9.79. The van der Waals surface area contributed by atoms with Gasteiger partial charge in [-0.3, -0.25) is 0 Å². The predicted molar refractivity (Wildman–Crippen MR) is 99.0 cm³/mol. The first-order valence-corrected chi connectivity index (χ1v) is 9.25. The second-order valence-electron chi connectivity index (χ2n) is 7.21. The van der Waals surface area contributed by atoms with E-state index in [1.807, 2.05) is 30.3 Å². The van der Waals surface area contributed by atoms with Crippen LogP contribution in [0.15, 0.2) is 42.5 Å². The van der Waals surface area contributed by atoms with Crippen LogP contribution in [0.1, 0.15) is 47.9 Å². The lowest BCUT2D eigenvalue weighted by Gasteiger charge is -2.26. The summed E-state index contributed by atoms with van der Waals surface area (Å²) in [5, 5.41) is 1.50. The molecule has 0 N–H and O–H groups in total. The molecule has 1 unspecified atom stereocenters. The number of hydrogen-bond acceptors (Lipinski definition) is 0. The maximum Gasteiger partial charge on any atom is 0.162 e. The van der Waals surface area contributed by atoms with Crippen molar-refractivity contribution in [3.05, 3.63) is 82.2 Å². The molecule has 1 aliphatic rings. The van der Waals surface area contributed by atoms with E-state index in [2.05, 4.69) is 6.92 Å². The van der Waals surface area contributed by atoms with Crippen LogP contribution in [0.2, 0.25) is 0 Å². The second kappa shape index (κ2) is 6.79. The average Bonchev–Trinajstić information content (AvgIpc) is 2.65. The van der Waals surface area contributed by atoms with Crippen LogP contribution in [0.3, 0.4) is 0 Å². The highest BCUT2D eigenvalue weighted by atomic mass is 19.2. The number of rotatable bonds is 3. The van der Waals surface area contributed by atoms with Crippen LogP contribution in [0.4, 0.5) is 13.2 Å². The third-order valence-corrected chi connectivity index (χ3v) is 5.53. The van der Waals surface area contributed by atoms with Gasteiger partial charge in [0.05, 0.1) is 0 Å². The fourth-order valence-corrected chi connectivity index (χ4v) is 4.15. The van der Waals surface area contributed by atoms with E-state index < -0.39 is 11.6 Å². The summed E-state index contributed by atoms with van der Waals surface area (Å²) in [6, 6.07) is 12.5. The predicted octanol–water partition coefficient (Wildman–Crippen LogP) is 6.48. The van der Waals surface area contributed by atoms with Crippen LogP contribution < -0.4 is 0 Å². The summed E-state index contributed by atoms with van der Waals surface area (Å²) in [6.45, 7) is 2.12. The van der Waals surface area contributed by atoms with Gasteiger partial charge in [-0.05, 0) is 65.3 Å². The number of benzene rings is 3. The van der Waals surface area contributed by atoms with E-state index in [9.17, 15) is 8.78 Å². The van der Waals surface area contributed by atoms with Crippen LogP contribution in [-0.2, 0) is 19.3 Å². The monoisotopic (exact) mass is 354 g/mol. The van der Waals surface area contributed by atoms with Crippen LogP contribution >= 0.6 is 0 Å². The summed E-state index contributed by atoms with van der Waals surface area (Å²) in [6.07, 6.45) is 3.76. The molecule has 0 saturated carbocycles. The Hall–Kier alpha value is -2.29. The Bertz CT molecular complexity index is 975. The largest absolute Gasteiger partial charge is 0.206 e. The molecule has 0 heterocycles. The highest BCUT2D eigenvalue weighted by Gasteiger charge is 2.26. The van der Waals surface area contributed by atoms with Crippen molar-refractivity contribution in [2.75, 3.05) is 0 Å². The molecule has 0 aliphatic heterocycles. The average molecular weight is 354 g/mol. The first-order chi connectivity index (χ1) is 12.6. The molecule has 1 aliphatic carbocycles. The third kappa shape index (κ3) is 2.90. The molecule has 0 radical (unpaired) electrons. The van der Waals surface area contributed by atoms with Crippen LogP contribution in [0.5, 0.6) is 0 Å². The van der Waals surface area contributed by atoms with Gasteiger partial charge in [-0.1, -0.05) is 49.7 Å². The van der Waals surface area contributed by atoms with Gasteiger partial charge in [0.15, 0.2) is 11.6 Å². The summed E-state index contributed by atoms with van der Waals surface area (Å²) < 4.78 is 42.9. The molecule has 0 bridgehead atoms. The minimum absolute atomic E-state index is 0.126. The third-order valence-electron chi connectivity index (χ3n) is 5.53. The molecule has 0 nitrogen and oxygen atoms in total. The Kier molecular flexibility index (Phi) is 4.47. The zero-order valence-corrected chi connectivity index (χ0v) is 14.8. The molecule has 3 heteroatoms. The molecule has 3 aromatic carbocycles. The van der Waals surface area contributed by atoms with Crippen molar-refractivity contribution in [2.24, 2.45) is 0 Å². The number of fused-ring (bicyclic) bond motifs is 2. The van der Waals surface area contributed by atoms with E-state index in [0.717, 1.165) is 30.2 Å². The smallest absolute Gasteiger partial charge is 0.162 e. The van der Waals surface area contributed by atoms with Gasteiger partial charge in [0.25, 0.3) is 0 Å². The molecule has 3 aromatic rings. The molecule has 134 valence electrons. The standard InChI is InChI=1S/C23H21F3/c1-2-3-14-4-9-18-16(12-14)7-10-19(22(18)25)17-6-5-15-8-11-21(24)23(26)20(15)13-17/h4,7-12,17H,2-3,5-6,13H2,1H3. The summed E-state index contributed by atoms with van der Waals surface area (Å²) in [4.78, 5) is 0. The van der Waals surface area contributed by atoms with Gasteiger partial charge in [-0.2, -0.15) is 0 Å². The van der Waals surface area contributed by atoms with Crippen molar-refractivity contribution >= 4 is 10.8 Å². The summed E-state index contributed by atoms with van der Waals surface area (Å²) >= 11 is 0. The van der Waals surface area contributed by atoms with Gasteiger partial charge in [0.2, 0.25) is 0 Å². The SMILES string of the molecule is CCCc1ccc2c(F)c(C3CCc4ccc(F)c(F)c4C3)ccc2c1. The van der Waals surface area contributed by atoms with E-state index in [1.54, 1.807) is 6.07 Å². The van der Waals surface area contributed by atoms with Gasteiger partial charge < -0.3 is 0 Å². The molecular weight excluding hydrogens is 333 g/mol. The zero-order valence-electron chi connectivity index (χ0n) is 14.8. The van der Waals surface area contributed by atoms with Crippen LogP contribution in [0.25, 0.3) is 10.8 Å². The van der Waals surface area contributed by atoms with Gasteiger partial charge in [-0.25, -0.2) is 13.2 Å². The maximum absolute atomic E-state index is 15.2. The molecule has 0 aromatic heterocycles. The fourth-order valence-electron chi connectivity index (χ4n) is 4.15. The lowest BCUT2D eigenvalue weighted by Crippen LogP contribution is -2.16. The Balaban J connectivity index is 1.72. The quantitative estimate of drug-likeness (QED) is 0.505. The molecule has 0 saturated heterocycles. The minimum atomic E-state index is -0.827. The molecule has 1 atom stereocenters. The molecule has 4 rings (SSSR count). The van der Waals surface area contributed by atoms with Crippen molar-refractivity contribution in [3.63, 3.8) is 0 Å². The highest BCUT2D eigenvalue weighted by molar-refractivity contribution is 5.84. The Morgan fingerprint density at radius 2 is 1.81 bits per heavy atom. The van der Waals surface area contributed by atoms with Crippen molar-refractivity contribution in [1.29, 1.82) is 0 Å². The molecule has 26 heavy (non-hydrogen) atoms. The Labute approximate surface area is 151 Å². The first-order valence-electron chi connectivity index (χ1n) is 9.25. The number of aryl methyl sites for hydroxylation is 2. The molecular formula is C23H21F3. The topological polar surface area (TPSA) is 0 Å². The zero-order chi connectivity index (χ0) is 18.3. The normalized spacial score (nSPS) is 16.7. The van der Waals surface area contributed by atoms with E-state index in [1.165, 1.54) is 11.6 Å². The van der Waals surface area contributed by atoms with Crippen molar-refractivity contribution in [3.8, 4) is 0 Å². The van der Waals surface area contributed by atoms with Crippen molar-refractivity contribution < 1.29 is 13.2 Å². The van der Waals surface area contributed by atoms with Crippen LogP contribution in [-0.4, -0.2) is 0 Å². The van der Waals surface area contributed by atoms with Crippen molar-refractivity contribution in [2.45, 2.75) is 44.9 Å². The number of hydrogen-bond donors (Lipinski definition) is 0. The summed E-state index contributed by atoms with van der Waals surface area (Å²) in [5.74, 6) is -1.96. The summed E-state index contributed by atoms with van der Waals surface area (Å²) in [5.41, 5.74) is 3.05.